The van der Waals surface area contributed by atoms with Crippen LogP contribution in [0.2, 0.25) is 0 Å². The van der Waals surface area contributed by atoms with Gasteiger partial charge in [0.25, 0.3) is 5.56 Å². The second kappa shape index (κ2) is 9.06. The number of carbonyl (C=O) groups excluding carboxylic acids is 1. The topological polar surface area (TPSA) is 74.6 Å². The van der Waals surface area contributed by atoms with Crippen LogP contribution in [0.15, 0.2) is 23.0 Å². The molecule has 0 spiro atoms. The first-order chi connectivity index (χ1) is 14.6. The molecule has 3 heterocycles. The number of nitrogens with zero attached hydrogens (tertiary/aromatic N) is 2. The summed E-state index contributed by atoms with van der Waals surface area (Å²) in [7, 11) is 0. The Hall–Kier alpha value is -1.92. The van der Waals surface area contributed by atoms with Crippen molar-refractivity contribution in [3.05, 3.63) is 39.8 Å². The number of aromatic nitrogens is 1. The van der Waals surface area contributed by atoms with Gasteiger partial charge in [-0.1, -0.05) is 19.9 Å². The number of hydrogen-bond acceptors (Lipinski definition) is 4. The smallest absolute Gasteiger partial charge is 0.258 e. The fourth-order valence-electron chi connectivity index (χ4n) is 5.78. The zero-order chi connectivity index (χ0) is 21.3. The maximum atomic E-state index is 13.5. The van der Waals surface area contributed by atoms with Crippen molar-refractivity contribution in [2.75, 3.05) is 19.7 Å². The van der Waals surface area contributed by atoms with Crippen molar-refractivity contribution in [2.24, 2.45) is 11.8 Å². The van der Waals surface area contributed by atoms with Crippen LogP contribution >= 0.6 is 0 Å². The highest BCUT2D eigenvalue weighted by atomic mass is 16.3. The lowest BCUT2D eigenvalue weighted by atomic mass is 9.86. The van der Waals surface area contributed by atoms with Gasteiger partial charge in [-0.3, -0.25) is 14.5 Å². The van der Waals surface area contributed by atoms with Gasteiger partial charge in [0.05, 0.1) is 12.0 Å². The van der Waals surface area contributed by atoms with Crippen molar-refractivity contribution in [2.45, 2.75) is 71.0 Å². The number of fused-ring (bicyclic) bond motifs is 4. The molecule has 0 saturated carbocycles. The van der Waals surface area contributed by atoms with E-state index < -0.39 is 0 Å². The number of carbonyl (C=O) groups is 1. The quantitative estimate of drug-likeness (QED) is 0.721. The Balaban J connectivity index is 1.78. The number of nitrogens with one attached hydrogen (secondary N) is 1. The minimum atomic E-state index is -0.328. The second-order valence-electron chi connectivity index (χ2n) is 8.98. The van der Waals surface area contributed by atoms with Crippen LogP contribution in [0.4, 0.5) is 0 Å². The number of amides is 1. The first-order valence-electron chi connectivity index (χ1n) is 11.7. The number of aliphatic hydroxyl groups is 1. The highest BCUT2D eigenvalue weighted by molar-refractivity contribution is 5.80. The van der Waals surface area contributed by atoms with E-state index in [9.17, 15) is 14.7 Å². The molecule has 1 fully saturated rings. The summed E-state index contributed by atoms with van der Waals surface area (Å²) >= 11 is 0. The molecule has 1 aromatic heterocycles. The molecule has 3 aliphatic rings. The van der Waals surface area contributed by atoms with Crippen LogP contribution in [0.25, 0.3) is 5.57 Å². The minimum Gasteiger partial charge on any atom is -0.396 e. The molecule has 6 heteroatoms. The van der Waals surface area contributed by atoms with Gasteiger partial charge in [0.15, 0.2) is 0 Å². The van der Waals surface area contributed by atoms with Crippen molar-refractivity contribution >= 4 is 11.5 Å². The minimum absolute atomic E-state index is 0.00414. The van der Waals surface area contributed by atoms with Gasteiger partial charge < -0.3 is 15.0 Å². The van der Waals surface area contributed by atoms with Gasteiger partial charge >= 0.3 is 0 Å². The predicted molar refractivity (Wildman–Crippen MR) is 118 cm³/mol. The Morgan fingerprint density at radius 1 is 1.23 bits per heavy atom. The maximum Gasteiger partial charge on any atom is 0.258 e. The normalized spacial score (nSPS) is 28.2. The molecular weight excluding hydrogens is 378 g/mol. The zero-order valence-electron chi connectivity index (χ0n) is 18.3. The lowest BCUT2D eigenvalue weighted by Gasteiger charge is -2.38. The molecule has 1 saturated heterocycles. The van der Waals surface area contributed by atoms with Gasteiger partial charge in [0.2, 0.25) is 5.91 Å². The molecule has 30 heavy (non-hydrogen) atoms. The molecule has 4 atom stereocenters. The number of aliphatic hydroxyl groups excluding tert-OH is 1. The molecule has 1 amide bonds. The van der Waals surface area contributed by atoms with Crippen molar-refractivity contribution in [1.82, 2.24) is 14.8 Å². The standard InChI is InChI=1S/C24H35N3O3/c1-3-12-25-23(29)21-18(15-28)20-14-27-19(22(21)26(20)13-4-2)11-10-17(24(27)30)16-8-6-5-7-9-16/h8,10-11,18,20-22,28H,3-7,9,12-15H2,1-2H3,(H,25,29)/t18-,20-,21+,22+/m0/s1. The summed E-state index contributed by atoms with van der Waals surface area (Å²) in [5, 5.41) is 13.3. The van der Waals surface area contributed by atoms with E-state index in [-0.39, 0.29) is 42.0 Å². The van der Waals surface area contributed by atoms with Crippen LogP contribution in [0.1, 0.15) is 69.7 Å². The largest absolute Gasteiger partial charge is 0.396 e. The van der Waals surface area contributed by atoms with Crippen LogP contribution in [0, 0.1) is 11.8 Å². The second-order valence-corrected chi connectivity index (χ2v) is 8.98. The Labute approximate surface area is 179 Å². The molecule has 4 rings (SSSR count). The SMILES string of the molecule is CCCNC(=O)[C@@H]1[C@@H](CO)[C@@H]2Cn3c(ccc(C4=CCCCC4)c3=O)[C@H]1N2CCC. The fourth-order valence-corrected chi connectivity index (χ4v) is 5.78. The average molecular weight is 414 g/mol. The fraction of sp³-hybridized carbons (Fsp3) is 0.667. The summed E-state index contributed by atoms with van der Waals surface area (Å²) < 4.78 is 1.90. The molecule has 0 radical (unpaired) electrons. The third kappa shape index (κ3) is 3.54. The van der Waals surface area contributed by atoms with E-state index in [0.717, 1.165) is 49.9 Å². The first-order valence-corrected chi connectivity index (χ1v) is 11.7. The number of rotatable bonds is 7. The monoisotopic (exact) mass is 413 g/mol. The molecule has 2 aliphatic heterocycles. The third-order valence-electron chi connectivity index (χ3n) is 7.14. The summed E-state index contributed by atoms with van der Waals surface area (Å²) in [5.74, 6) is -0.481. The van der Waals surface area contributed by atoms with Gasteiger partial charge in [0, 0.05) is 42.9 Å². The Morgan fingerprint density at radius 3 is 2.73 bits per heavy atom. The van der Waals surface area contributed by atoms with Crippen LogP contribution < -0.4 is 10.9 Å². The zero-order valence-corrected chi connectivity index (χ0v) is 18.3. The van der Waals surface area contributed by atoms with E-state index in [0.29, 0.717) is 13.1 Å². The van der Waals surface area contributed by atoms with Gasteiger partial charge in [0.1, 0.15) is 0 Å². The lowest BCUT2D eigenvalue weighted by Crippen LogP contribution is -2.47. The highest BCUT2D eigenvalue weighted by Crippen LogP contribution is 2.48. The molecule has 2 bridgehead atoms. The van der Waals surface area contributed by atoms with E-state index in [1.54, 1.807) is 0 Å². The molecule has 1 aliphatic carbocycles. The maximum absolute atomic E-state index is 13.5. The van der Waals surface area contributed by atoms with E-state index in [1.165, 1.54) is 12.0 Å². The average Bonchev–Trinajstić information content (AvgIpc) is 2.98. The van der Waals surface area contributed by atoms with E-state index >= 15 is 0 Å². The molecule has 164 valence electrons. The van der Waals surface area contributed by atoms with Gasteiger partial charge in [-0.2, -0.15) is 0 Å². The van der Waals surface area contributed by atoms with E-state index in [2.05, 4.69) is 29.3 Å². The van der Waals surface area contributed by atoms with Gasteiger partial charge in [-0.05, 0) is 62.8 Å². The molecule has 2 N–H and O–H groups in total. The number of allylic oxidation sites excluding steroid dienone is 2. The van der Waals surface area contributed by atoms with Crippen molar-refractivity contribution in [1.29, 1.82) is 0 Å². The summed E-state index contributed by atoms with van der Waals surface area (Å²) in [6.07, 6.45) is 8.40. The highest BCUT2D eigenvalue weighted by Gasteiger charge is 2.55. The van der Waals surface area contributed by atoms with Crippen LogP contribution in [-0.4, -0.2) is 46.2 Å². The molecule has 0 unspecified atom stereocenters. The van der Waals surface area contributed by atoms with Gasteiger partial charge in [-0.25, -0.2) is 0 Å². The number of pyridine rings is 1. The Kier molecular flexibility index (Phi) is 6.44. The third-order valence-corrected chi connectivity index (χ3v) is 7.14. The predicted octanol–water partition coefficient (Wildman–Crippen LogP) is 2.71. The van der Waals surface area contributed by atoms with E-state index in [1.807, 2.05) is 17.6 Å². The molecular formula is C24H35N3O3. The van der Waals surface area contributed by atoms with Crippen molar-refractivity contribution in [3.8, 4) is 0 Å². The van der Waals surface area contributed by atoms with E-state index in [4.69, 9.17) is 0 Å². The van der Waals surface area contributed by atoms with Crippen LogP contribution in [0.5, 0.6) is 0 Å². The number of hydrogen-bond donors (Lipinski definition) is 2. The first kappa shape index (κ1) is 21.3. The summed E-state index contributed by atoms with van der Waals surface area (Å²) in [4.78, 5) is 29.0. The summed E-state index contributed by atoms with van der Waals surface area (Å²) in [6, 6.07) is 3.90. The summed E-state index contributed by atoms with van der Waals surface area (Å²) in [5.41, 5.74) is 2.98. The van der Waals surface area contributed by atoms with Crippen molar-refractivity contribution in [3.63, 3.8) is 0 Å². The molecule has 1 aromatic rings. The van der Waals surface area contributed by atoms with Crippen LogP contribution in [0.3, 0.4) is 0 Å². The molecule has 0 aromatic carbocycles. The van der Waals surface area contributed by atoms with Crippen LogP contribution in [-0.2, 0) is 11.3 Å². The Morgan fingerprint density at radius 2 is 2.07 bits per heavy atom. The molecule has 6 nitrogen and oxygen atoms in total. The van der Waals surface area contributed by atoms with Gasteiger partial charge in [-0.15, -0.1) is 0 Å². The van der Waals surface area contributed by atoms with Crippen molar-refractivity contribution < 1.29 is 9.90 Å². The lowest BCUT2D eigenvalue weighted by molar-refractivity contribution is -0.127. The summed E-state index contributed by atoms with van der Waals surface area (Å²) in [6.45, 7) is 6.19. The Bertz CT molecular complexity index is 875.